The summed E-state index contributed by atoms with van der Waals surface area (Å²) in [6.07, 6.45) is 6.94. The number of halogens is 2. The Kier molecular flexibility index (Phi) is 7.34. The highest BCUT2D eigenvalue weighted by Crippen LogP contribution is 2.50. The van der Waals surface area contributed by atoms with Crippen molar-refractivity contribution in [3.63, 3.8) is 0 Å². The van der Waals surface area contributed by atoms with Crippen molar-refractivity contribution in [3.8, 4) is 0 Å². The van der Waals surface area contributed by atoms with Crippen LogP contribution in [0.4, 0.5) is 4.39 Å². The number of rotatable bonds is 8. The van der Waals surface area contributed by atoms with Crippen LogP contribution in [0.1, 0.15) is 63.9 Å². The number of aryl methyl sites for hydroxylation is 2. The fourth-order valence-electron chi connectivity index (χ4n) is 5.78. The third-order valence-corrected chi connectivity index (χ3v) is 8.25. The molecule has 1 amide bonds. The van der Waals surface area contributed by atoms with Gasteiger partial charge in [-0.25, -0.2) is 19.3 Å². The summed E-state index contributed by atoms with van der Waals surface area (Å²) in [5, 5.41) is 12.3. The van der Waals surface area contributed by atoms with Gasteiger partial charge < -0.3 is 19.1 Å². The molecule has 2 aliphatic heterocycles. The number of carbonyl (C=O) groups excluding carboxylic acids is 1. The van der Waals surface area contributed by atoms with Crippen LogP contribution in [0.3, 0.4) is 0 Å². The number of hydrogen-bond acceptors (Lipinski definition) is 7. The lowest BCUT2D eigenvalue weighted by Crippen LogP contribution is -2.49. The third-order valence-electron chi connectivity index (χ3n) is 8.00. The van der Waals surface area contributed by atoms with Crippen molar-refractivity contribution in [2.75, 3.05) is 13.2 Å². The smallest absolute Gasteiger partial charge is 0.257 e. The maximum atomic E-state index is 16.7. The molecule has 2 aromatic carbocycles. The Balaban J connectivity index is 1.58. The molecule has 2 aliphatic rings. The number of fused-ring (bicyclic) bond motifs is 1. The number of benzene rings is 2. The number of nitrogens with zero attached hydrogens (tertiary/aromatic N) is 5. The van der Waals surface area contributed by atoms with Crippen LogP contribution >= 0.6 is 11.6 Å². The number of hydrogen-bond donors (Lipinski definition) is 1. The van der Waals surface area contributed by atoms with E-state index in [1.165, 1.54) is 11.0 Å². The summed E-state index contributed by atoms with van der Waals surface area (Å²) in [4.78, 5) is 29.1. The Morgan fingerprint density at radius 2 is 1.95 bits per heavy atom. The molecular formula is C31H31ClFN5O4. The van der Waals surface area contributed by atoms with Crippen LogP contribution in [0.25, 0.3) is 0 Å². The number of imidazole rings is 1. The van der Waals surface area contributed by atoms with Crippen molar-refractivity contribution in [1.29, 1.82) is 0 Å². The Morgan fingerprint density at radius 1 is 1.21 bits per heavy atom. The van der Waals surface area contributed by atoms with Crippen LogP contribution in [0, 0.1) is 12.7 Å². The first-order valence-corrected chi connectivity index (χ1v) is 14.2. The van der Waals surface area contributed by atoms with Gasteiger partial charge in [0.2, 0.25) is 5.72 Å². The minimum absolute atomic E-state index is 0.0528. The molecule has 4 heterocycles. The first-order chi connectivity index (χ1) is 20.2. The highest BCUT2D eigenvalue weighted by atomic mass is 35.5. The molecule has 218 valence electrons. The predicted molar refractivity (Wildman–Crippen MR) is 152 cm³/mol. The zero-order chi connectivity index (χ0) is 29.6. The molecule has 9 nitrogen and oxygen atoms in total. The molecule has 0 saturated carbocycles. The van der Waals surface area contributed by atoms with Gasteiger partial charge in [-0.3, -0.25) is 9.69 Å². The third kappa shape index (κ3) is 4.68. The summed E-state index contributed by atoms with van der Waals surface area (Å²) >= 11 is 6.25. The molecule has 0 bridgehead atoms. The van der Waals surface area contributed by atoms with Crippen LogP contribution in [0.2, 0.25) is 5.02 Å². The van der Waals surface area contributed by atoms with E-state index in [2.05, 4.69) is 15.0 Å². The molecular weight excluding hydrogens is 561 g/mol. The van der Waals surface area contributed by atoms with E-state index in [0.29, 0.717) is 41.7 Å². The van der Waals surface area contributed by atoms with Gasteiger partial charge in [-0.05, 0) is 55.2 Å². The lowest BCUT2D eigenvalue weighted by Gasteiger charge is -2.41. The highest BCUT2D eigenvalue weighted by molar-refractivity contribution is 6.30. The van der Waals surface area contributed by atoms with E-state index in [9.17, 15) is 9.90 Å². The Hall–Kier alpha value is -3.70. The van der Waals surface area contributed by atoms with Gasteiger partial charge >= 0.3 is 0 Å². The Bertz CT molecular complexity index is 1620. The Labute approximate surface area is 247 Å². The Morgan fingerprint density at radius 3 is 2.57 bits per heavy atom. The summed E-state index contributed by atoms with van der Waals surface area (Å²) in [5.74, 6) is -0.811. The number of carbonyl (C=O) groups is 1. The molecule has 3 atom stereocenters. The second-order valence-corrected chi connectivity index (χ2v) is 11.3. The van der Waals surface area contributed by atoms with Gasteiger partial charge in [-0.1, -0.05) is 30.7 Å². The highest BCUT2D eigenvalue weighted by Gasteiger charge is 2.56. The first kappa shape index (κ1) is 28.4. The summed E-state index contributed by atoms with van der Waals surface area (Å²) in [6.45, 7) is 4.37. The van der Waals surface area contributed by atoms with Crippen molar-refractivity contribution in [2.45, 2.75) is 50.7 Å². The lowest BCUT2D eigenvalue weighted by atomic mass is 9.84. The number of ether oxygens (including phenoxy) is 2. The predicted octanol–water partition coefficient (Wildman–Crippen LogP) is 4.62. The van der Waals surface area contributed by atoms with E-state index in [1.807, 2.05) is 6.92 Å². The molecule has 4 aromatic rings. The second-order valence-electron chi connectivity index (χ2n) is 10.8. The zero-order valence-electron chi connectivity index (χ0n) is 23.6. The topological polar surface area (TPSA) is 103 Å². The summed E-state index contributed by atoms with van der Waals surface area (Å²) < 4.78 is 30.8. The average Bonchev–Trinajstić information content (AvgIpc) is 3.71. The van der Waals surface area contributed by atoms with E-state index in [-0.39, 0.29) is 29.7 Å². The molecule has 1 unspecified atom stereocenters. The van der Waals surface area contributed by atoms with Gasteiger partial charge in [0.15, 0.2) is 0 Å². The molecule has 0 radical (unpaired) electrons. The standard InChI is InChI=1S/C31H31ClFN5O4/c1-4-30(40,26-15-37(3)18-36-26)21-11-24-28(25(33)12-21)31(42-23-9-10-41-17-23,20-5-7-22(32)8-6-20)38(29(24)39)16-27-34-13-19(2)14-35-27/h5-8,11-15,18,23,40H,4,9-10,16-17H2,1-3H3/t23-,30?,31+/m0/s1. The van der Waals surface area contributed by atoms with E-state index in [4.69, 9.17) is 21.1 Å². The maximum absolute atomic E-state index is 16.7. The van der Waals surface area contributed by atoms with E-state index < -0.39 is 29.2 Å². The van der Waals surface area contributed by atoms with Gasteiger partial charge in [-0.15, -0.1) is 0 Å². The van der Waals surface area contributed by atoms with Crippen molar-refractivity contribution in [1.82, 2.24) is 24.4 Å². The largest absolute Gasteiger partial charge is 0.379 e. The fourth-order valence-corrected chi connectivity index (χ4v) is 5.91. The molecule has 0 aliphatic carbocycles. The van der Waals surface area contributed by atoms with Gasteiger partial charge in [-0.2, -0.15) is 0 Å². The summed E-state index contributed by atoms with van der Waals surface area (Å²) in [5.41, 5.74) is -1.23. The van der Waals surface area contributed by atoms with Crippen molar-refractivity contribution in [3.05, 3.63) is 111 Å². The SMILES string of the molecule is CCC(O)(c1cc(F)c2c(c1)C(=O)N(Cc1ncc(C)cn1)[C@@]2(O[C@H]1CCOC1)c1ccc(Cl)cc1)c1cn(C)cn1. The molecule has 42 heavy (non-hydrogen) atoms. The molecule has 0 spiro atoms. The first-order valence-electron chi connectivity index (χ1n) is 13.8. The number of amides is 1. The van der Waals surface area contributed by atoms with Crippen LogP contribution in [-0.4, -0.2) is 54.8 Å². The quantitative estimate of drug-likeness (QED) is 0.319. The van der Waals surface area contributed by atoms with Gasteiger partial charge in [0.25, 0.3) is 5.91 Å². The molecule has 1 N–H and O–H groups in total. The van der Waals surface area contributed by atoms with Gasteiger partial charge in [0.1, 0.15) is 17.2 Å². The summed E-state index contributed by atoms with van der Waals surface area (Å²) in [7, 11) is 1.79. The maximum Gasteiger partial charge on any atom is 0.257 e. The molecule has 11 heteroatoms. The molecule has 1 fully saturated rings. The van der Waals surface area contributed by atoms with E-state index >= 15 is 4.39 Å². The minimum Gasteiger partial charge on any atom is -0.379 e. The van der Waals surface area contributed by atoms with Crippen molar-refractivity contribution in [2.24, 2.45) is 7.05 Å². The molecule has 2 aromatic heterocycles. The molecule has 6 rings (SSSR count). The fraction of sp³-hybridized carbons (Fsp3) is 0.355. The van der Waals surface area contributed by atoms with Crippen LogP contribution < -0.4 is 0 Å². The average molecular weight is 592 g/mol. The van der Waals surface area contributed by atoms with Crippen LogP contribution in [-0.2, 0) is 34.4 Å². The van der Waals surface area contributed by atoms with Gasteiger partial charge in [0, 0.05) is 42.8 Å². The monoisotopic (exact) mass is 591 g/mol. The van der Waals surface area contributed by atoms with Crippen LogP contribution in [0.15, 0.2) is 61.3 Å². The lowest BCUT2D eigenvalue weighted by molar-refractivity contribution is -0.149. The normalized spacial score (nSPS) is 21.5. The van der Waals surface area contributed by atoms with Crippen LogP contribution in [0.5, 0.6) is 0 Å². The van der Waals surface area contributed by atoms with Crippen molar-refractivity contribution >= 4 is 17.5 Å². The zero-order valence-corrected chi connectivity index (χ0v) is 24.3. The van der Waals surface area contributed by atoms with Crippen molar-refractivity contribution < 1.29 is 23.8 Å². The molecule has 1 saturated heterocycles. The summed E-state index contributed by atoms with van der Waals surface area (Å²) in [6, 6.07) is 9.64. The van der Waals surface area contributed by atoms with E-state index in [1.54, 1.807) is 73.8 Å². The van der Waals surface area contributed by atoms with E-state index in [0.717, 1.165) is 5.56 Å². The second kappa shape index (κ2) is 10.9. The van der Waals surface area contributed by atoms with Gasteiger partial charge in [0.05, 0.1) is 42.4 Å². The number of aromatic nitrogens is 4. The number of aliphatic hydroxyl groups is 1. The minimum atomic E-state index is -1.68.